The Bertz CT molecular complexity index is 480. The van der Waals surface area contributed by atoms with Crippen LogP contribution in [0.3, 0.4) is 0 Å². The monoisotopic (exact) mass is 241 g/mol. The molecule has 5 heteroatoms. The van der Waals surface area contributed by atoms with Gasteiger partial charge in [-0.1, -0.05) is 6.07 Å². The van der Waals surface area contributed by atoms with Crippen LogP contribution >= 0.6 is 0 Å². The first-order chi connectivity index (χ1) is 7.38. The van der Waals surface area contributed by atoms with E-state index in [4.69, 9.17) is 0 Å². The van der Waals surface area contributed by atoms with Crippen LogP contribution in [0.4, 0.5) is 0 Å². The summed E-state index contributed by atoms with van der Waals surface area (Å²) in [5, 5.41) is 0. The second kappa shape index (κ2) is 5.21. The average Bonchev–Trinajstić information content (AvgIpc) is 2.15. The molecule has 0 aliphatic heterocycles. The van der Waals surface area contributed by atoms with Crippen LogP contribution in [0.15, 0.2) is 18.2 Å². The normalized spacial score (nSPS) is 11.4. The molecule has 88 valence electrons. The first-order valence-electron chi connectivity index (χ1n) is 5.03. The number of carbonyl (C=O) groups is 1. The van der Waals surface area contributed by atoms with Crippen molar-refractivity contribution in [2.24, 2.45) is 0 Å². The van der Waals surface area contributed by atoms with Crippen LogP contribution in [0.25, 0.3) is 0 Å². The standard InChI is InChI=1S/C11H15NO3S/c1-9-5-3-6-10(12-9)11(13)7-4-8-16(2,14)15/h3,5-6H,4,7-8H2,1-2H3. The molecule has 1 aromatic heterocycles. The van der Waals surface area contributed by atoms with Crippen molar-refractivity contribution < 1.29 is 13.2 Å². The van der Waals surface area contributed by atoms with E-state index in [1.165, 1.54) is 6.26 Å². The van der Waals surface area contributed by atoms with Crippen LogP contribution in [-0.4, -0.2) is 31.2 Å². The third kappa shape index (κ3) is 4.53. The molecule has 1 rings (SSSR count). The van der Waals surface area contributed by atoms with Crippen LogP contribution in [-0.2, 0) is 9.84 Å². The van der Waals surface area contributed by atoms with Crippen LogP contribution < -0.4 is 0 Å². The molecule has 1 heterocycles. The number of pyridine rings is 1. The highest BCUT2D eigenvalue weighted by molar-refractivity contribution is 7.90. The Morgan fingerprint density at radius 3 is 2.62 bits per heavy atom. The number of sulfone groups is 1. The molecule has 4 nitrogen and oxygen atoms in total. The number of ketones is 1. The highest BCUT2D eigenvalue weighted by Gasteiger charge is 2.09. The zero-order chi connectivity index (χ0) is 12.2. The molecule has 0 aliphatic carbocycles. The topological polar surface area (TPSA) is 64.1 Å². The number of aromatic nitrogens is 1. The first kappa shape index (κ1) is 12.8. The third-order valence-corrected chi connectivity index (χ3v) is 3.12. The molecule has 0 fully saturated rings. The largest absolute Gasteiger partial charge is 0.292 e. The molecule has 0 spiro atoms. The van der Waals surface area contributed by atoms with E-state index < -0.39 is 9.84 Å². The summed E-state index contributed by atoms with van der Waals surface area (Å²) in [5.74, 6) is -0.0581. The maximum absolute atomic E-state index is 11.6. The minimum Gasteiger partial charge on any atom is -0.292 e. The highest BCUT2D eigenvalue weighted by Crippen LogP contribution is 2.05. The van der Waals surface area contributed by atoms with Gasteiger partial charge in [-0.25, -0.2) is 8.42 Å². The first-order valence-corrected chi connectivity index (χ1v) is 7.09. The number of hydrogen-bond acceptors (Lipinski definition) is 4. The fraction of sp³-hybridized carbons (Fsp3) is 0.455. The molecular formula is C11H15NO3S. The zero-order valence-corrected chi connectivity index (χ0v) is 10.3. The van der Waals surface area contributed by atoms with Gasteiger partial charge in [-0.15, -0.1) is 0 Å². The molecule has 0 unspecified atom stereocenters. The highest BCUT2D eigenvalue weighted by atomic mass is 32.2. The van der Waals surface area contributed by atoms with Crippen molar-refractivity contribution in [3.8, 4) is 0 Å². The Morgan fingerprint density at radius 1 is 1.38 bits per heavy atom. The van der Waals surface area contributed by atoms with Crippen molar-refractivity contribution >= 4 is 15.6 Å². The van der Waals surface area contributed by atoms with Crippen molar-refractivity contribution in [1.82, 2.24) is 4.98 Å². The van der Waals surface area contributed by atoms with Gasteiger partial charge in [-0.05, 0) is 25.5 Å². The van der Waals surface area contributed by atoms with Crippen LogP contribution in [0.1, 0.15) is 29.0 Å². The van der Waals surface area contributed by atoms with Crippen LogP contribution in [0.2, 0.25) is 0 Å². The van der Waals surface area contributed by atoms with Gasteiger partial charge >= 0.3 is 0 Å². The molecule has 0 N–H and O–H groups in total. The quantitative estimate of drug-likeness (QED) is 0.731. The number of aryl methyl sites for hydroxylation is 1. The van der Waals surface area contributed by atoms with Crippen LogP contribution in [0.5, 0.6) is 0 Å². The van der Waals surface area contributed by atoms with E-state index in [2.05, 4.69) is 4.98 Å². The van der Waals surface area contributed by atoms with Crippen molar-refractivity contribution in [3.63, 3.8) is 0 Å². The summed E-state index contributed by atoms with van der Waals surface area (Å²) < 4.78 is 21.8. The van der Waals surface area contributed by atoms with E-state index in [-0.39, 0.29) is 18.0 Å². The van der Waals surface area contributed by atoms with Gasteiger partial charge in [0.1, 0.15) is 15.5 Å². The Morgan fingerprint density at radius 2 is 2.06 bits per heavy atom. The van der Waals surface area contributed by atoms with Gasteiger partial charge in [-0.3, -0.25) is 9.78 Å². The van der Waals surface area contributed by atoms with Gasteiger partial charge in [0.2, 0.25) is 0 Å². The van der Waals surface area contributed by atoms with E-state index in [1.54, 1.807) is 12.1 Å². The predicted molar refractivity (Wildman–Crippen MR) is 62.2 cm³/mol. The van der Waals surface area contributed by atoms with Crippen LogP contribution in [0, 0.1) is 6.92 Å². The number of rotatable bonds is 5. The maximum Gasteiger partial charge on any atom is 0.181 e. The summed E-state index contributed by atoms with van der Waals surface area (Å²) in [6.07, 6.45) is 1.75. The van der Waals surface area contributed by atoms with Gasteiger partial charge in [0.05, 0.1) is 5.75 Å². The number of Topliss-reactive ketones (excluding diaryl/α,β-unsaturated/α-hetero) is 1. The van der Waals surface area contributed by atoms with Crippen molar-refractivity contribution in [3.05, 3.63) is 29.6 Å². The molecule has 0 bridgehead atoms. The van der Waals surface area contributed by atoms with E-state index in [9.17, 15) is 13.2 Å². The Balaban J connectivity index is 2.54. The summed E-state index contributed by atoms with van der Waals surface area (Å²) in [4.78, 5) is 15.7. The Kier molecular flexibility index (Phi) is 4.18. The second-order valence-corrected chi connectivity index (χ2v) is 6.08. The minimum atomic E-state index is -2.98. The summed E-state index contributed by atoms with van der Waals surface area (Å²) in [5.41, 5.74) is 1.20. The molecule has 0 aromatic carbocycles. The lowest BCUT2D eigenvalue weighted by Gasteiger charge is -2.00. The third-order valence-electron chi connectivity index (χ3n) is 2.09. The number of hydrogen-bond donors (Lipinski definition) is 0. The lowest BCUT2D eigenvalue weighted by molar-refractivity contribution is 0.0977. The maximum atomic E-state index is 11.6. The lowest BCUT2D eigenvalue weighted by atomic mass is 10.1. The predicted octanol–water partition coefficient (Wildman–Crippen LogP) is 1.40. The zero-order valence-electron chi connectivity index (χ0n) is 9.43. The Hall–Kier alpha value is -1.23. The van der Waals surface area contributed by atoms with Crippen molar-refractivity contribution in [2.75, 3.05) is 12.0 Å². The molecule has 16 heavy (non-hydrogen) atoms. The number of carbonyl (C=O) groups excluding carboxylic acids is 1. The average molecular weight is 241 g/mol. The summed E-state index contributed by atoms with van der Waals surface area (Å²) in [6.45, 7) is 1.81. The molecule has 0 amide bonds. The molecule has 0 atom stereocenters. The summed E-state index contributed by atoms with van der Waals surface area (Å²) >= 11 is 0. The Labute approximate surface area is 95.6 Å². The molecule has 1 aromatic rings. The van der Waals surface area contributed by atoms with Gasteiger partial charge in [0.25, 0.3) is 0 Å². The number of nitrogens with zero attached hydrogens (tertiary/aromatic N) is 1. The SMILES string of the molecule is Cc1cccc(C(=O)CCCS(C)(=O)=O)n1. The fourth-order valence-electron chi connectivity index (χ4n) is 1.32. The molecule has 0 saturated carbocycles. The van der Waals surface area contributed by atoms with E-state index in [1.807, 2.05) is 13.0 Å². The van der Waals surface area contributed by atoms with Crippen molar-refractivity contribution in [2.45, 2.75) is 19.8 Å². The van der Waals surface area contributed by atoms with E-state index in [0.717, 1.165) is 5.69 Å². The smallest absolute Gasteiger partial charge is 0.181 e. The summed E-state index contributed by atoms with van der Waals surface area (Å²) in [6, 6.07) is 5.23. The molecule has 0 saturated heterocycles. The van der Waals surface area contributed by atoms with Gasteiger partial charge < -0.3 is 0 Å². The van der Waals surface area contributed by atoms with Gasteiger partial charge in [0.15, 0.2) is 5.78 Å². The molecule has 0 radical (unpaired) electrons. The van der Waals surface area contributed by atoms with E-state index in [0.29, 0.717) is 12.1 Å². The summed E-state index contributed by atoms with van der Waals surface area (Å²) in [7, 11) is -2.98. The minimum absolute atomic E-state index is 0.0462. The van der Waals surface area contributed by atoms with E-state index >= 15 is 0 Å². The van der Waals surface area contributed by atoms with Crippen molar-refractivity contribution in [1.29, 1.82) is 0 Å². The molecular weight excluding hydrogens is 226 g/mol. The fourth-order valence-corrected chi connectivity index (χ4v) is 1.99. The second-order valence-electron chi connectivity index (χ2n) is 3.82. The lowest BCUT2D eigenvalue weighted by Crippen LogP contribution is -2.08. The van der Waals surface area contributed by atoms with Gasteiger partial charge in [-0.2, -0.15) is 0 Å². The van der Waals surface area contributed by atoms with Gasteiger partial charge in [0, 0.05) is 18.4 Å². The molecule has 0 aliphatic rings.